The lowest BCUT2D eigenvalue weighted by Crippen LogP contribution is -2.22. The third-order valence-electron chi connectivity index (χ3n) is 4.93. The van der Waals surface area contributed by atoms with Gasteiger partial charge in [-0.15, -0.1) is 0 Å². The number of nitrogens with zero attached hydrogens (tertiary/aromatic N) is 3. The van der Waals surface area contributed by atoms with Crippen LogP contribution < -0.4 is 10.5 Å². The predicted molar refractivity (Wildman–Crippen MR) is 119 cm³/mol. The van der Waals surface area contributed by atoms with Gasteiger partial charge in [-0.25, -0.2) is 12.7 Å². The first-order valence-corrected chi connectivity index (χ1v) is 10.6. The van der Waals surface area contributed by atoms with Crippen molar-refractivity contribution >= 4 is 15.7 Å². The first-order chi connectivity index (χ1) is 14.7. The molecule has 0 radical (unpaired) electrons. The zero-order chi connectivity index (χ0) is 22.8. The van der Waals surface area contributed by atoms with E-state index in [0.717, 1.165) is 9.87 Å². The van der Waals surface area contributed by atoms with Gasteiger partial charge in [0, 0.05) is 25.2 Å². The number of hydrogen-bond acceptors (Lipinski definition) is 6. The molecule has 3 aromatic carbocycles. The Kier molecular flexibility index (Phi) is 5.98. The van der Waals surface area contributed by atoms with Crippen LogP contribution in [0.2, 0.25) is 0 Å². The van der Waals surface area contributed by atoms with Crippen LogP contribution in [0.15, 0.2) is 59.5 Å². The molecule has 0 unspecified atom stereocenters. The van der Waals surface area contributed by atoms with Gasteiger partial charge in [-0.05, 0) is 41.5 Å². The van der Waals surface area contributed by atoms with E-state index in [9.17, 15) is 18.9 Å². The maximum atomic E-state index is 12.3. The molecule has 156 valence electrons. The monoisotopic (exact) mass is 432 g/mol. The van der Waals surface area contributed by atoms with Gasteiger partial charge >= 0.3 is 0 Å². The zero-order valence-electron chi connectivity index (χ0n) is 17.2. The maximum Gasteiger partial charge on any atom is 0.242 e. The first-order valence-electron chi connectivity index (χ1n) is 9.18. The number of nitriles is 2. The molecule has 0 spiro atoms. The highest BCUT2D eigenvalue weighted by atomic mass is 32.2. The lowest BCUT2D eigenvalue weighted by molar-refractivity contribution is 0.415. The highest BCUT2D eigenvalue weighted by Crippen LogP contribution is 2.37. The number of sulfonamides is 1. The molecule has 0 bridgehead atoms. The number of anilines is 1. The molecule has 7 nitrogen and oxygen atoms in total. The summed E-state index contributed by atoms with van der Waals surface area (Å²) in [4.78, 5) is 0.136. The second-order valence-corrected chi connectivity index (χ2v) is 9.05. The second kappa shape index (κ2) is 8.49. The Balaban J connectivity index is 2.22. The van der Waals surface area contributed by atoms with Gasteiger partial charge < -0.3 is 10.5 Å². The largest absolute Gasteiger partial charge is 0.497 e. The molecular formula is C23H20N4O3S. The average Bonchev–Trinajstić information content (AvgIpc) is 2.78. The van der Waals surface area contributed by atoms with Gasteiger partial charge in [0.05, 0.1) is 28.8 Å². The van der Waals surface area contributed by atoms with Crippen molar-refractivity contribution in [3.63, 3.8) is 0 Å². The first kappa shape index (κ1) is 21.8. The molecule has 3 aromatic rings. The molecular weight excluding hydrogens is 412 g/mol. The summed E-state index contributed by atoms with van der Waals surface area (Å²) in [5.41, 5.74) is 9.09. The molecule has 0 saturated heterocycles. The Morgan fingerprint density at radius 1 is 0.871 bits per heavy atom. The van der Waals surface area contributed by atoms with E-state index >= 15 is 0 Å². The van der Waals surface area contributed by atoms with Gasteiger partial charge in [-0.1, -0.05) is 24.3 Å². The maximum absolute atomic E-state index is 12.3. The van der Waals surface area contributed by atoms with Gasteiger partial charge in [0.25, 0.3) is 0 Å². The van der Waals surface area contributed by atoms with E-state index in [1.807, 2.05) is 0 Å². The van der Waals surface area contributed by atoms with Crippen LogP contribution in [0.1, 0.15) is 11.1 Å². The number of nitrogens with two attached hydrogens (primary N) is 1. The number of methoxy groups -OCH3 is 1. The topological polar surface area (TPSA) is 120 Å². The van der Waals surface area contributed by atoms with Crippen molar-refractivity contribution in [2.24, 2.45) is 0 Å². The van der Waals surface area contributed by atoms with Crippen molar-refractivity contribution in [2.45, 2.75) is 4.90 Å². The number of hydrogen-bond donors (Lipinski definition) is 1. The van der Waals surface area contributed by atoms with Gasteiger partial charge in [0.15, 0.2) is 0 Å². The van der Waals surface area contributed by atoms with Crippen molar-refractivity contribution in [1.82, 2.24) is 4.31 Å². The number of nitrogen functional groups attached to an aromatic ring is 1. The molecule has 0 aliphatic carbocycles. The molecule has 0 aliphatic rings. The molecule has 3 rings (SSSR count). The van der Waals surface area contributed by atoms with Crippen molar-refractivity contribution in [2.75, 3.05) is 26.9 Å². The van der Waals surface area contributed by atoms with Crippen molar-refractivity contribution in [1.29, 1.82) is 10.5 Å². The highest BCUT2D eigenvalue weighted by Gasteiger charge is 2.20. The van der Waals surface area contributed by atoms with E-state index < -0.39 is 10.0 Å². The summed E-state index contributed by atoms with van der Waals surface area (Å²) in [7, 11) is 0.899. The summed E-state index contributed by atoms with van der Waals surface area (Å²) < 4.78 is 31.0. The predicted octanol–water partition coefficient (Wildman–Crippen LogP) is 3.61. The van der Waals surface area contributed by atoms with E-state index in [1.54, 1.807) is 49.6 Å². The summed E-state index contributed by atoms with van der Waals surface area (Å²) in [5, 5.41) is 19.4. The summed E-state index contributed by atoms with van der Waals surface area (Å²) in [6.07, 6.45) is 0. The van der Waals surface area contributed by atoms with Gasteiger partial charge in [-0.2, -0.15) is 10.5 Å². The standard InChI is InChI=1S/C23H20N4O3S/c1-27(2)31(28,29)18-10-6-16(7-11-18)20-12-19(15-4-8-17(30-3)9-5-15)21(13-24)23(26)22(20)14-25/h4-12H,26H2,1-3H3. The van der Waals surface area contributed by atoms with Gasteiger partial charge in [-0.3, -0.25) is 0 Å². The molecule has 2 N–H and O–H groups in total. The fourth-order valence-corrected chi connectivity index (χ4v) is 4.09. The highest BCUT2D eigenvalue weighted by molar-refractivity contribution is 7.89. The van der Waals surface area contributed by atoms with Crippen LogP contribution >= 0.6 is 0 Å². The van der Waals surface area contributed by atoms with Crippen molar-refractivity contribution in [3.05, 3.63) is 65.7 Å². The summed E-state index contributed by atoms with van der Waals surface area (Å²) in [6.45, 7) is 0. The second-order valence-electron chi connectivity index (χ2n) is 6.90. The Morgan fingerprint density at radius 3 is 1.71 bits per heavy atom. The lowest BCUT2D eigenvalue weighted by Gasteiger charge is -2.15. The number of benzene rings is 3. The quantitative estimate of drug-likeness (QED) is 0.615. The fourth-order valence-electron chi connectivity index (χ4n) is 3.19. The smallest absolute Gasteiger partial charge is 0.242 e. The van der Waals surface area contributed by atoms with E-state index in [2.05, 4.69) is 12.1 Å². The summed E-state index contributed by atoms with van der Waals surface area (Å²) >= 11 is 0. The molecule has 0 saturated carbocycles. The van der Waals surface area contributed by atoms with Crippen LogP contribution in [0, 0.1) is 22.7 Å². The minimum absolute atomic E-state index is 0.0818. The SMILES string of the molecule is COc1ccc(-c2cc(-c3ccc(S(=O)(=O)N(C)C)cc3)c(C#N)c(N)c2C#N)cc1. The molecule has 31 heavy (non-hydrogen) atoms. The van der Waals surface area contributed by atoms with Crippen molar-refractivity contribution in [3.8, 4) is 40.1 Å². The van der Waals surface area contributed by atoms with Crippen LogP contribution in [0.5, 0.6) is 5.75 Å². The Morgan fingerprint density at radius 2 is 1.32 bits per heavy atom. The van der Waals surface area contributed by atoms with Crippen LogP contribution in [0.4, 0.5) is 5.69 Å². The normalized spacial score (nSPS) is 11.0. The molecule has 0 aliphatic heterocycles. The van der Waals surface area contributed by atoms with Crippen LogP contribution in [0.25, 0.3) is 22.3 Å². The Labute approximate surface area is 181 Å². The number of ether oxygens (including phenoxy) is 1. The van der Waals surface area contributed by atoms with E-state index in [4.69, 9.17) is 10.5 Å². The molecule has 0 heterocycles. The molecule has 0 amide bonds. The molecule has 8 heteroatoms. The summed E-state index contributed by atoms with van der Waals surface area (Å²) in [6, 6.07) is 19.2. The van der Waals surface area contributed by atoms with E-state index in [-0.39, 0.29) is 21.7 Å². The van der Waals surface area contributed by atoms with Crippen molar-refractivity contribution < 1.29 is 13.2 Å². The Hall–Kier alpha value is -3.85. The van der Waals surface area contributed by atoms with Gasteiger partial charge in [0.2, 0.25) is 10.0 Å². The van der Waals surface area contributed by atoms with E-state index in [1.165, 1.54) is 26.2 Å². The van der Waals surface area contributed by atoms with Crippen LogP contribution in [-0.4, -0.2) is 33.9 Å². The lowest BCUT2D eigenvalue weighted by atomic mass is 9.89. The molecule has 0 aromatic heterocycles. The van der Waals surface area contributed by atoms with Gasteiger partial charge in [0.1, 0.15) is 17.9 Å². The third kappa shape index (κ3) is 3.95. The van der Waals surface area contributed by atoms with Crippen LogP contribution in [0.3, 0.4) is 0 Å². The van der Waals surface area contributed by atoms with Crippen LogP contribution in [-0.2, 0) is 10.0 Å². The zero-order valence-corrected chi connectivity index (χ0v) is 18.1. The third-order valence-corrected chi connectivity index (χ3v) is 6.76. The van der Waals surface area contributed by atoms with E-state index in [0.29, 0.717) is 22.4 Å². The minimum Gasteiger partial charge on any atom is -0.497 e. The molecule has 0 fully saturated rings. The fraction of sp³-hybridized carbons (Fsp3) is 0.130. The average molecular weight is 433 g/mol. The summed E-state index contributed by atoms with van der Waals surface area (Å²) in [5.74, 6) is 0.668. The molecule has 0 atom stereocenters. The minimum atomic E-state index is -3.58. The number of rotatable bonds is 5. The Bertz CT molecular complexity index is 1320.